The average Bonchev–Trinajstić information content (AvgIpc) is 3.77. The average molecular weight is 577 g/mol. The molecule has 2 aliphatic rings. The van der Waals surface area contributed by atoms with Crippen LogP contribution in [0.4, 0.5) is 13.2 Å². The van der Waals surface area contributed by atoms with Crippen LogP contribution in [0.15, 0.2) is 73.1 Å². The lowest BCUT2D eigenvalue weighted by Crippen LogP contribution is -2.27. The third kappa shape index (κ3) is 6.38. The Morgan fingerprint density at radius 2 is 1.88 bits per heavy atom. The van der Waals surface area contributed by atoms with Crippen molar-refractivity contribution in [1.82, 2.24) is 14.6 Å². The van der Waals surface area contributed by atoms with E-state index < -0.39 is 11.7 Å². The summed E-state index contributed by atoms with van der Waals surface area (Å²) in [6, 6.07) is 11.5. The molecular formula is C34H39F3N4O. The molecule has 0 bridgehead atoms. The molecule has 222 valence electrons. The van der Waals surface area contributed by atoms with Crippen LogP contribution in [0.5, 0.6) is 0 Å². The maximum Gasteiger partial charge on any atom is 0.416 e. The van der Waals surface area contributed by atoms with Crippen molar-refractivity contribution in [2.24, 2.45) is 5.92 Å². The molecule has 2 aromatic heterocycles. The fraction of sp³-hybridized carbons (Fsp3) is 0.412. The molecule has 5 rings (SSSR count). The van der Waals surface area contributed by atoms with Gasteiger partial charge in [0.1, 0.15) is 0 Å². The van der Waals surface area contributed by atoms with Crippen molar-refractivity contribution in [2.45, 2.75) is 71.0 Å². The monoisotopic (exact) mass is 576 g/mol. The van der Waals surface area contributed by atoms with Crippen molar-refractivity contribution < 1.29 is 18.0 Å². The first-order chi connectivity index (χ1) is 20.1. The van der Waals surface area contributed by atoms with E-state index in [1.54, 1.807) is 30.6 Å². The van der Waals surface area contributed by atoms with Crippen molar-refractivity contribution >= 4 is 11.5 Å². The second-order valence-electron chi connectivity index (χ2n) is 11.7. The topological polar surface area (TPSA) is 50.2 Å². The quantitative estimate of drug-likeness (QED) is 0.277. The first-order valence-electron chi connectivity index (χ1n) is 14.7. The number of allylic oxidation sites excluding steroid dienone is 4. The number of carbonyl (C=O) groups excluding carboxylic acids is 1. The minimum atomic E-state index is -4.32. The third-order valence-electron chi connectivity index (χ3n) is 9.00. The van der Waals surface area contributed by atoms with Crippen molar-refractivity contribution in [1.29, 1.82) is 0 Å². The number of hydrogen-bond donors (Lipinski definition) is 1. The minimum absolute atomic E-state index is 0.129. The molecule has 5 nitrogen and oxygen atoms in total. The van der Waals surface area contributed by atoms with Crippen LogP contribution in [-0.2, 0) is 18.1 Å². The lowest BCUT2D eigenvalue weighted by molar-refractivity contribution is -0.137. The van der Waals surface area contributed by atoms with Crippen LogP contribution in [-0.4, -0.2) is 33.6 Å². The van der Waals surface area contributed by atoms with Crippen LogP contribution in [0.2, 0.25) is 0 Å². The Balaban J connectivity index is 1.33. The number of nitrogens with one attached hydrogen (secondary N) is 1. The molecular weight excluding hydrogens is 537 g/mol. The molecule has 3 heterocycles. The van der Waals surface area contributed by atoms with E-state index in [-0.39, 0.29) is 11.3 Å². The molecule has 1 N–H and O–H groups in total. The van der Waals surface area contributed by atoms with E-state index in [1.807, 2.05) is 49.7 Å². The maximum absolute atomic E-state index is 13.4. The molecule has 1 saturated carbocycles. The first kappa shape index (κ1) is 29.8. The van der Waals surface area contributed by atoms with Gasteiger partial charge in [0.2, 0.25) is 0 Å². The Hall–Kier alpha value is -3.65. The summed E-state index contributed by atoms with van der Waals surface area (Å²) in [4.78, 5) is 19.5. The number of amides is 1. The molecule has 3 aromatic rings. The summed E-state index contributed by atoms with van der Waals surface area (Å²) in [6.45, 7) is 8.61. The Labute approximate surface area is 246 Å². The number of carbonyl (C=O) groups is 1. The predicted molar refractivity (Wildman–Crippen MR) is 161 cm³/mol. The Bertz CT molecular complexity index is 1470. The van der Waals surface area contributed by atoms with Crippen LogP contribution >= 0.6 is 0 Å². The second-order valence-corrected chi connectivity index (χ2v) is 11.7. The molecule has 1 aliphatic heterocycles. The van der Waals surface area contributed by atoms with Gasteiger partial charge in [0.05, 0.1) is 11.3 Å². The smallest absolute Gasteiger partial charge is 0.299 e. The fourth-order valence-corrected chi connectivity index (χ4v) is 6.43. The normalized spacial score (nSPS) is 19.6. The third-order valence-corrected chi connectivity index (χ3v) is 9.00. The zero-order chi connectivity index (χ0) is 29.9. The molecule has 2 fully saturated rings. The lowest BCUT2D eigenvalue weighted by atomic mass is 9.78. The first-order valence-corrected chi connectivity index (χ1v) is 14.7. The number of rotatable bonds is 8. The molecule has 1 amide bonds. The van der Waals surface area contributed by atoms with Crippen molar-refractivity contribution in [3.8, 4) is 0 Å². The van der Waals surface area contributed by atoms with E-state index in [0.29, 0.717) is 11.5 Å². The van der Waals surface area contributed by atoms with Gasteiger partial charge in [-0.3, -0.25) is 24.8 Å². The SMILES string of the molecule is C/C=C\C=C(/C)c1cc(CN2CCCC(C3(c4cccc(C(F)(F)F)c4)CC3)CC2)c(C)n1NC(=O)c1ccncc1. The number of aromatic nitrogens is 2. The Morgan fingerprint density at radius 3 is 2.57 bits per heavy atom. The van der Waals surface area contributed by atoms with E-state index in [1.165, 1.54) is 12.1 Å². The summed E-state index contributed by atoms with van der Waals surface area (Å²) < 4.78 is 42.2. The number of likely N-dealkylation sites (tertiary alicyclic amines) is 1. The van der Waals surface area contributed by atoms with Crippen molar-refractivity contribution in [3.05, 3.63) is 107 Å². The van der Waals surface area contributed by atoms with Gasteiger partial charge in [-0.2, -0.15) is 13.2 Å². The molecule has 1 saturated heterocycles. The van der Waals surface area contributed by atoms with Crippen LogP contribution in [0.25, 0.3) is 5.57 Å². The summed E-state index contributed by atoms with van der Waals surface area (Å²) in [5.41, 5.74) is 7.86. The molecule has 1 atom stereocenters. The summed E-state index contributed by atoms with van der Waals surface area (Å²) in [6.07, 6.45) is 9.78. The van der Waals surface area contributed by atoms with Crippen LogP contribution < -0.4 is 5.43 Å². The van der Waals surface area contributed by atoms with Gasteiger partial charge in [-0.25, -0.2) is 0 Å². The summed E-state index contributed by atoms with van der Waals surface area (Å²) in [5, 5.41) is 0. The Morgan fingerprint density at radius 1 is 1.12 bits per heavy atom. The molecule has 0 radical (unpaired) electrons. The van der Waals surface area contributed by atoms with E-state index in [0.717, 1.165) is 79.8 Å². The number of halogens is 3. The van der Waals surface area contributed by atoms with E-state index in [2.05, 4.69) is 21.4 Å². The molecule has 1 aromatic carbocycles. The molecule has 8 heteroatoms. The van der Waals surface area contributed by atoms with Gasteiger partial charge in [-0.05, 0) is 118 Å². The van der Waals surface area contributed by atoms with Gasteiger partial charge in [0.15, 0.2) is 0 Å². The van der Waals surface area contributed by atoms with Gasteiger partial charge >= 0.3 is 6.18 Å². The highest BCUT2D eigenvalue weighted by atomic mass is 19.4. The van der Waals surface area contributed by atoms with Crippen LogP contribution in [0, 0.1) is 12.8 Å². The number of alkyl halides is 3. The number of benzene rings is 1. The molecule has 1 aliphatic carbocycles. The zero-order valence-electron chi connectivity index (χ0n) is 24.5. The second kappa shape index (κ2) is 12.3. The van der Waals surface area contributed by atoms with Crippen molar-refractivity contribution in [3.63, 3.8) is 0 Å². The number of hydrogen-bond acceptors (Lipinski definition) is 3. The highest BCUT2D eigenvalue weighted by molar-refractivity contribution is 6.00. The summed E-state index contributed by atoms with van der Waals surface area (Å²) >= 11 is 0. The van der Waals surface area contributed by atoms with Gasteiger partial charge in [0.25, 0.3) is 5.91 Å². The minimum Gasteiger partial charge on any atom is -0.299 e. The standard InChI is InChI=1S/C34H39F3N4O/c1-4-5-8-24(2)31-21-27(25(3)41(31)39-32(42)26-12-17-38-18-13-26)23-40-19-7-11-28(14-20-40)33(15-16-33)29-9-6-10-30(22-29)34(35,36)37/h4-6,8-10,12-13,17-18,21-22,28H,7,11,14-16,19-20,23H2,1-3H3,(H,39,42)/b5-4-,24-8+. The number of pyridine rings is 1. The largest absolute Gasteiger partial charge is 0.416 e. The lowest BCUT2D eigenvalue weighted by Gasteiger charge is -2.27. The molecule has 42 heavy (non-hydrogen) atoms. The van der Waals surface area contributed by atoms with Crippen LogP contribution in [0.1, 0.15) is 84.4 Å². The van der Waals surface area contributed by atoms with E-state index in [4.69, 9.17) is 0 Å². The highest BCUT2D eigenvalue weighted by Crippen LogP contribution is 2.57. The zero-order valence-corrected chi connectivity index (χ0v) is 24.5. The maximum atomic E-state index is 13.4. The van der Waals surface area contributed by atoms with Gasteiger partial charge in [0, 0.05) is 30.2 Å². The fourth-order valence-electron chi connectivity index (χ4n) is 6.43. The highest BCUT2D eigenvalue weighted by Gasteiger charge is 2.50. The molecule has 0 spiro atoms. The van der Waals surface area contributed by atoms with Crippen molar-refractivity contribution in [2.75, 3.05) is 18.5 Å². The van der Waals surface area contributed by atoms with E-state index in [9.17, 15) is 18.0 Å². The number of nitrogens with zero attached hydrogens (tertiary/aromatic N) is 3. The molecule has 1 unspecified atom stereocenters. The van der Waals surface area contributed by atoms with Gasteiger partial charge in [-0.1, -0.05) is 36.4 Å². The van der Waals surface area contributed by atoms with Crippen LogP contribution in [0.3, 0.4) is 0 Å². The van der Waals surface area contributed by atoms with Gasteiger partial charge in [-0.15, -0.1) is 0 Å². The van der Waals surface area contributed by atoms with Gasteiger partial charge < -0.3 is 0 Å². The summed E-state index contributed by atoms with van der Waals surface area (Å²) in [5.74, 6) is 0.169. The van der Waals surface area contributed by atoms with E-state index >= 15 is 0 Å². The summed E-state index contributed by atoms with van der Waals surface area (Å²) in [7, 11) is 0. The Kier molecular flexibility index (Phi) is 8.73. The predicted octanol–water partition coefficient (Wildman–Crippen LogP) is 7.91.